The third kappa shape index (κ3) is 2.69. The lowest BCUT2D eigenvalue weighted by molar-refractivity contribution is 0.122. The summed E-state index contributed by atoms with van der Waals surface area (Å²) in [7, 11) is 0. The van der Waals surface area contributed by atoms with Gasteiger partial charge in [-0.2, -0.15) is 0 Å². The van der Waals surface area contributed by atoms with Crippen LogP contribution in [0.4, 0.5) is 0 Å². The van der Waals surface area contributed by atoms with E-state index >= 15 is 0 Å². The lowest BCUT2D eigenvalue weighted by Crippen LogP contribution is -2.38. The minimum atomic E-state index is -0.410. The molecule has 4 heteroatoms. The number of nitrogens with one attached hydrogen (secondary N) is 1. The van der Waals surface area contributed by atoms with Gasteiger partial charge in [0.15, 0.2) is 0 Å². The minimum absolute atomic E-state index is 0.0151. The monoisotopic (exact) mass is 227 g/mol. The summed E-state index contributed by atoms with van der Waals surface area (Å²) in [4.78, 5) is 0. The second-order valence-electron chi connectivity index (χ2n) is 3.68. The molecule has 0 amide bonds. The molecule has 0 aliphatic carbocycles. The fraction of sp³-hybridized carbons (Fsp3) is 0.455. The van der Waals surface area contributed by atoms with Crippen molar-refractivity contribution < 1.29 is 9.84 Å². The van der Waals surface area contributed by atoms with Gasteiger partial charge in [-0.3, -0.25) is 0 Å². The number of benzene rings is 1. The molecule has 1 saturated heterocycles. The van der Waals surface area contributed by atoms with Crippen LogP contribution in [-0.2, 0) is 11.3 Å². The van der Waals surface area contributed by atoms with E-state index in [0.29, 0.717) is 19.8 Å². The maximum absolute atomic E-state index is 9.52. The molecule has 2 N–H and O–H groups in total. The Morgan fingerprint density at radius 1 is 1.40 bits per heavy atom. The highest BCUT2D eigenvalue weighted by atomic mass is 35.5. The first kappa shape index (κ1) is 10.9. The molecule has 1 aliphatic rings. The summed E-state index contributed by atoms with van der Waals surface area (Å²) in [6, 6.07) is 7.70. The van der Waals surface area contributed by atoms with Crippen LogP contribution in [0.25, 0.3) is 0 Å². The molecule has 1 fully saturated rings. The van der Waals surface area contributed by atoms with E-state index in [1.54, 1.807) is 0 Å². The van der Waals surface area contributed by atoms with Crippen LogP contribution >= 0.6 is 11.6 Å². The molecule has 2 unspecified atom stereocenters. The second kappa shape index (κ2) is 4.94. The molecule has 2 rings (SSSR count). The number of halogens is 1. The van der Waals surface area contributed by atoms with E-state index in [1.807, 2.05) is 24.3 Å². The second-order valence-corrected chi connectivity index (χ2v) is 4.09. The van der Waals surface area contributed by atoms with E-state index in [9.17, 15) is 5.11 Å². The van der Waals surface area contributed by atoms with Gasteiger partial charge in [0.2, 0.25) is 0 Å². The van der Waals surface area contributed by atoms with Gasteiger partial charge >= 0.3 is 0 Å². The van der Waals surface area contributed by atoms with Crippen molar-refractivity contribution in [2.24, 2.45) is 0 Å². The van der Waals surface area contributed by atoms with Crippen LogP contribution in [0.2, 0.25) is 5.02 Å². The van der Waals surface area contributed by atoms with Crippen molar-refractivity contribution in [1.29, 1.82) is 0 Å². The van der Waals surface area contributed by atoms with Gasteiger partial charge in [-0.15, -0.1) is 0 Å². The van der Waals surface area contributed by atoms with Gasteiger partial charge in [0.25, 0.3) is 0 Å². The number of aliphatic hydroxyl groups is 1. The Balaban J connectivity index is 1.90. The quantitative estimate of drug-likeness (QED) is 0.815. The van der Waals surface area contributed by atoms with E-state index in [-0.39, 0.29) is 6.04 Å². The van der Waals surface area contributed by atoms with E-state index in [4.69, 9.17) is 16.3 Å². The lowest BCUT2D eigenvalue weighted by Gasteiger charge is -2.14. The van der Waals surface area contributed by atoms with Gasteiger partial charge in [0.1, 0.15) is 0 Å². The van der Waals surface area contributed by atoms with Gasteiger partial charge in [-0.1, -0.05) is 29.8 Å². The van der Waals surface area contributed by atoms with Gasteiger partial charge in [-0.05, 0) is 11.6 Å². The number of hydrogen-bond donors (Lipinski definition) is 2. The maximum Gasteiger partial charge on any atom is 0.0948 e. The summed E-state index contributed by atoms with van der Waals surface area (Å²) in [6.45, 7) is 1.64. The maximum atomic E-state index is 9.52. The van der Waals surface area contributed by atoms with Crippen molar-refractivity contribution in [2.75, 3.05) is 13.2 Å². The smallest absolute Gasteiger partial charge is 0.0948 e. The first-order valence-corrected chi connectivity index (χ1v) is 5.38. The first-order valence-electron chi connectivity index (χ1n) is 5.00. The molecular formula is C11H14ClNO2. The van der Waals surface area contributed by atoms with E-state index < -0.39 is 6.10 Å². The fourth-order valence-corrected chi connectivity index (χ4v) is 1.82. The van der Waals surface area contributed by atoms with Gasteiger partial charge in [0, 0.05) is 11.6 Å². The van der Waals surface area contributed by atoms with Crippen LogP contribution < -0.4 is 5.32 Å². The Morgan fingerprint density at radius 2 is 2.20 bits per heavy atom. The van der Waals surface area contributed by atoms with E-state index in [1.165, 1.54) is 0 Å². The first-order chi connectivity index (χ1) is 7.27. The van der Waals surface area contributed by atoms with Crippen molar-refractivity contribution in [3.63, 3.8) is 0 Å². The third-order valence-corrected chi connectivity index (χ3v) is 2.93. The Hall–Kier alpha value is -0.610. The van der Waals surface area contributed by atoms with Gasteiger partial charge in [0.05, 0.1) is 25.4 Å². The van der Waals surface area contributed by atoms with Gasteiger partial charge < -0.3 is 15.2 Å². The summed E-state index contributed by atoms with van der Waals surface area (Å²) in [5.41, 5.74) is 1.04. The number of rotatable bonds is 3. The van der Waals surface area contributed by atoms with Crippen LogP contribution in [0, 0.1) is 0 Å². The Morgan fingerprint density at radius 3 is 2.87 bits per heavy atom. The molecular weight excluding hydrogens is 214 g/mol. The van der Waals surface area contributed by atoms with Crippen LogP contribution in [0.15, 0.2) is 24.3 Å². The Bertz CT molecular complexity index is 332. The SMILES string of the molecule is OC1COCC1NCc1ccccc1Cl. The lowest BCUT2D eigenvalue weighted by atomic mass is 10.2. The highest BCUT2D eigenvalue weighted by Crippen LogP contribution is 2.15. The molecule has 15 heavy (non-hydrogen) atoms. The molecule has 1 aliphatic heterocycles. The number of ether oxygens (including phenoxy) is 1. The molecule has 1 heterocycles. The van der Waals surface area contributed by atoms with Gasteiger partial charge in [-0.25, -0.2) is 0 Å². The third-order valence-electron chi connectivity index (χ3n) is 2.56. The Labute approximate surface area is 94.0 Å². The molecule has 1 aromatic carbocycles. The van der Waals surface area contributed by atoms with Crippen molar-refractivity contribution in [1.82, 2.24) is 5.32 Å². The van der Waals surface area contributed by atoms with Crippen molar-refractivity contribution in [3.8, 4) is 0 Å². The molecule has 0 radical (unpaired) electrons. The van der Waals surface area contributed by atoms with Crippen LogP contribution in [0.3, 0.4) is 0 Å². The highest BCUT2D eigenvalue weighted by Gasteiger charge is 2.25. The molecule has 0 bridgehead atoms. The standard InChI is InChI=1S/C11H14ClNO2/c12-9-4-2-1-3-8(9)5-13-10-6-15-7-11(10)14/h1-4,10-11,13-14H,5-7H2. The van der Waals surface area contributed by atoms with Crippen LogP contribution in [0.5, 0.6) is 0 Å². The zero-order valence-corrected chi connectivity index (χ0v) is 9.07. The zero-order valence-electron chi connectivity index (χ0n) is 8.32. The Kier molecular flexibility index (Phi) is 3.59. The van der Waals surface area contributed by atoms with E-state index in [2.05, 4.69) is 5.32 Å². The molecule has 0 aromatic heterocycles. The average Bonchev–Trinajstić information content (AvgIpc) is 2.63. The predicted octanol–water partition coefficient (Wildman–Crippen LogP) is 1.19. The molecule has 82 valence electrons. The predicted molar refractivity (Wildman–Crippen MR) is 58.9 cm³/mol. The van der Waals surface area contributed by atoms with Crippen molar-refractivity contribution in [3.05, 3.63) is 34.9 Å². The molecule has 0 saturated carbocycles. The van der Waals surface area contributed by atoms with Crippen LogP contribution in [-0.4, -0.2) is 30.5 Å². The van der Waals surface area contributed by atoms with Crippen LogP contribution in [0.1, 0.15) is 5.56 Å². The zero-order chi connectivity index (χ0) is 10.7. The number of aliphatic hydroxyl groups excluding tert-OH is 1. The summed E-state index contributed by atoms with van der Waals surface area (Å²) < 4.78 is 5.14. The average molecular weight is 228 g/mol. The highest BCUT2D eigenvalue weighted by molar-refractivity contribution is 6.31. The summed E-state index contributed by atoms with van der Waals surface area (Å²) in [6.07, 6.45) is -0.410. The largest absolute Gasteiger partial charge is 0.389 e. The minimum Gasteiger partial charge on any atom is -0.389 e. The van der Waals surface area contributed by atoms with Crippen molar-refractivity contribution >= 4 is 11.6 Å². The number of hydrogen-bond acceptors (Lipinski definition) is 3. The molecule has 1 aromatic rings. The van der Waals surface area contributed by atoms with E-state index in [0.717, 1.165) is 10.6 Å². The summed E-state index contributed by atoms with van der Waals surface area (Å²) >= 11 is 6.01. The van der Waals surface area contributed by atoms with Crippen molar-refractivity contribution in [2.45, 2.75) is 18.7 Å². The summed E-state index contributed by atoms with van der Waals surface area (Å²) in [5, 5.41) is 13.5. The molecule has 3 nitrogen and oxygen atoms in total. The summed E-state index contributed by atoms with van der Waals surface area (Å²) in [5.74, 6) is 0. The fourth-order valence-electron chi connectivity index (χ4n) is 1.62. The molecule has 0 spiro atoms. The normalized spacial score (nSPS) is 25.7. The topological polar surface area (TPSA) is 41.5 Å². The molecule has 2 atom stereocenters.